The summed E-state index contributed by atoms with van der Waals surface area (Å²) in [5.41, 5.74) is 1.03. The van der Waals surface area contributed by atoms with Crippen molar-refractivity contribution < 1.29 is 21.9 Å². The quantitative estimate of drug-likeness (QED) is 0.715. The molecule has 0 aliphatic carbocycles. The second-order valence-corrected chi connectivity index (χ2v) is 4.53. The summed E-state index contributed by atoms with van der Waals surface area (Å²) in [6.45, 7) is 6.60. The van der Waals surface area contributed by atoms with Crippen LogP contribution in [-0.2, 0) is 6.54 Å². The molecule has 0 radical (unpaired) electrons. The maximum absolute atomic E-state index is 6.24. The van der Waals surface area contributed by atoms with Crippen LogP contribution in [0.25, 0.3) is 0 Å². The van der Waals surface area contributed by atoms with Gasteiger partial charge >= 0.3 is 0 Å². The molecule has 19 heavy (non-hydrogen) atoms. The van der Waals surface area contributed by atoms with Gasteiger partial charge in [0, 0.05) is 17.6 Å². The Morgan fingerprint density at radius 3 is 2.47 bits per heavy atom. The van der Waals surface area contributed by atoms with Crippen molar-refractivity contribution in [3.63, 3.8) is 0 Å². The van der Waals surface area contributed by atoms with Crippen LogP contribution in [0, 0.1) is 0 Å². The molecule has 0 saturated heterocycles. The minimum atomic E-state index is 0. The summed E-state index contributed by atoms with van der Waals surface area (Å²) in [5.74, 6) is 1.45. The summed E-state index contributed by atoms with van der Waals surface area (Å²) < 4.78 is 10.9. The maximum Gasteiger partial charge on any atom is 0.162 e. The van der Waals surface area contributed by atoms with Gasteiger partial charge in [0.25, 0.3) is 0 Å². The molecular weight excluding hydrogens is 285 g/mol. The summed E-state index contributed by atoms with van der Waals surface area (Å²) in [6.07, 6.45) is 2.06. The van der Waals surface area contributed by atoms with Gasteiger partial charge < -0.3 is 27.2 Å². The van der Waals surface area contributed by atoms with E-state index in [1.807, 2.05) is 12.1 Å². The molecule has 1 rings (SSSR count). The van der Waals surface area contributed by atoms with Crippen LogP contribution in [0.5, 0.6) is 11.5 Å². The fourth-order valence-corrected chi connectivity index (χ4v) is 1.82. The Morgan fingerprint density at radius 1 is 1.16 bits per heavy atom. The van der Waals surface area contributed by atoms with Gasteiger partial charge in [-0.15, -0.1) is 0 Å². The molecule has 0 aliphatic heterocycles. The van der Waals surface area contributed by atoms with Crippen LogP contribution in [0.4, 0.5) is 0 Å². The Balaban J connectivity index is 0.00000324. The number of rotatable bonds is 8. The third-order valence-electron chi connectivity index (χ3n) is 2.54. The van der Waals surface area contributed by atoms with Gasteiger partial charge in [-0.1, -0.05) is 25.4 Å². The van der Waals surface area contributed by atoms with Gasteiger partial charge in [0.2, 0.25) is 0 Å². The fraction of sp³-hybridized carbons (Fsp3) is 0.571. The largest absolute Gasteiger partial charge is 1.00 e. The number of methoxy groups -OCH3 is 1. The molecular formula is C14H22Cl2NO2-. The molecule has 0 fully saturated rings. The number of ether oxygens (including phenoxy) is 2. The zero-order valence-corrected chi connectivity index (χ0v) is 13.3. The van der Waals surface area contributed by atoms with Crippen LogP contribution in [0.15, 0.2) is 12.1 Å². The molecule has 0 amide bonds. The average molecular weight is 307 g/mol. The highest BCUT2D eigenvalue weighted by Crippen LogP contribution is 2.33. The van der Waals surface area contributed by atoms with E-state index in [0.717, 1.165) is 37.2 Å². The molecule has 1 aromatic carbocycles. The first-order chi connectivity index (χ1) is 8.72. The van der Waals surface area contributed by atoms with E-state index in [0.29, 0.717) is 17.4 Å². The van der Waals surface area contributed by atoms with Crippen LogP contribution in [0.2, 0.25) is 5.02 Å². The van der Waals surface area contributed by atoms with Crippen molar-refractivity contribution in [3.05, 3.63) is 22.7 Å². The molecule has 0 unspecified atom stereocenters. The van der Waals surface area contributed by atoms with Gasteiger partial charge in [0.05, 0.1) is 13.7 Å². The highest BCUT2D eigenvalue weighted by Gasteiger charge is 2.10. The first kappa shape index (κ1) is 18.4. The van der Waals surface area contributed by atoms with E-state index >= 15 is 0 Å². The van der Waals surface area contributed by atoms with E-state index in [9.17, 15) is 0 Å². The lowest BCUT2D eigenvalue weighted by atomic mass is 10.2. The molecule has 0 aliphatic rings. The standard InChI is InChI=1S/C14H22ClNO2.ClH/c1-4-6-16-10-11-8-13(17-3)14(9-12(11)15)18-7-5-2;/h8-9,16H,4-7,10H2,1-3H3;1H/p-1. The van der Waals surface area contributed by atoms with Crippen LogP contribution < -0.4 is 27.2 Å². The molecule has 3 nitrogen and oxygen atoms in total. The van der Waals surface area contributed by atoms with Crippen LogP contribution in [-0.4, -0.2) is 20.3 Å². The zero-order valence-electron chi connectivity index (χ0n) is 11.8. The number of halogens is 2. The van der Waals surface area contributed by atoms with Crippen molar-refractivity contribution in [1.82, 2.24) is 5.32 Å². The third-order valence-corrected chi connectivity index (χ3v) is 2.89. The number of hydrogen-bond acceptors (Lipinski definition) is 3. The summed E-state index contributed by atoms with van der Waals surface area (Å²) in [7, 11) is 1.64. The van der Waals surface area contributed by atoms with Gasteiger partial charge in [0.1, 0.15) is 0 Å². The topological polar surface area (TPSA) is 30.5 Å². The first-order valence-corrected chi connectivity index (χ1v) is 6.80. The van der Waals surface area contributed by atoms with Crippen molar-refractivity contribution in [3.8, 4) is 11.5 Å². The van der Waals surface area contributed by atoms with Crippen molar-refractivity contribution in [2.24, 2.45) is 0 Å². The minimum Gasteiger partial charge on any atom is -1.00 e. The molecule has 110 valence electrons. The van der Waals surface area contributed by atoms with E-state index in [1.165, 1.54) is 0 Å². The Hall–Kier alpha value is -0.640. The molecule has 1 aromatic rings. The highest BCUT2D eigenvalue weighted by molar-refractivity contribution is 6.31. The van der Waals surface area contributed by atoms with Gasteiger partial charge in [-0.05, 0) is 31.0 Å². The Morgan fingerprint density at radius 2 is 1.89 bits per heavy atom. The molecule has 0 heterocycles. The molecule has 1 N–H and O–H groups in total. The summed E-state index contributed by atoms with van der Waals surface area (Å²) >= 11 is 6.24. The lowest BCUT2D eigenvalue weighted by molar-refractivity contribution is -0.00000445. The van der Waals surface area contributed by atoms with Crippen molar-refractivity contribution in [2.45, 2.75) is 33.2 Å². The molecule has 0 spiro atoms. The Kier molecular flexibility index (Phi) is 9.84. The molecule has 0 bridgehead atoms. The normalized spacial score (nSPS) is 9.89. The van der Waals surface area contributed by atoms with E-state index < -0.39 is 0 Å². The molecule has 0 saturated carbocycles. The predicted molar refractivity (Wildman–Crippen MR) is 75.8 cm³/mol. The second kappa shape index (κ2) is 10.2. The van der Waals surface area contributed by atoms with Crippen LogP contribution in [0.3, 0.4) is 0 Å². The predicted octanol–water partition coefficient (Wildman–Crippen LogP) is 0.641. The maximum atomic E-state index is 6.24. The molecule has 5 heteroatoms. The van der Waals surface area contributed by atoms with E-state index in [-0.39, 0.29) is 12.4 Å². The smallest absolute Gasteiger partial charge is 0.162 e. The monoisotopic (exact) mass is 306 g/mol. The Bertz CT molecular complexity index is 373. The number of benzene rings is 1. The van der Waals surface area contributed by atoms with Crippen LogP contribution in [0.1, 0.15) is 32.3 Å². The zero-order chi connectivity index (χ0) is 13.4. The lowest BCUT2D eigenvalue weighted by Gasteiger charge is -2.13. The van der Waals surface area contributed by atoms with Gasteiger partial charge in [-0.3, -0.25) is 0 Å². The number of hydrogen-bond donors (Lipinski definition) is 1. The lowest BCUT2D eigenvalue weighted by Crippen LogP contribution is -3.00. The second-order valence-electron chi connectivity index (χ2n) is 4.12. The van der Waals surface area contributed by atoms with E-state index in [2.05, 4.69) is 19.2 Å². The fourth-order valence-electron chi connectivity index (χ4n) is 1.60. The minimum absolute atomic E-state index is 0. The molecule has 0 aromatic heterocycles. The third kappa shape index (κ3) is 5.89. The van der Waals surface area contributed by atoms with Crippen molar-refractivity contribution >= 4 is 11.6 Å². The van der Waals surface area contributed by atoms with Crippen molar-refractivity contribution in [1.29, 1.82) is 0 Å². The summed E-state index contributed by atoms with van der Waals surface area (Å²) in [5, 5.41) is 4.04. The Labute approximate surface area is 127 Å². The van der Waals surface area contributed by atoms with Crippen molar-refractivity contribution in [2.75, 3.05) is 20.3 Å². The molecule has 0 atom stereocenters. The summed E-state index contributed by atoms with van der Waals surface area (Å²) in [4.78, 5) is 0. The average Bonchev–Trinajstić information content (AvgIpc) is 2.38. The summed E-state index contributed by atoms with van der Waals surface area (Å²) in [6, 6.07) is 3.77. The van der Waals surface area contributed by atoms with E-state index in [4.69, 9.17) is 21.1 Å². The number of nitrogens with one attached hydrogen (secondary N) is 1. The first-order valence-electron chi connectivity index (χ1n) is 6.42. The van der Waals surface area contributed by atoms with E-state index in [1.54, 1.807) is 7.11 Å². The highest BCUT2D eigenvalue weighted by atomic mass is 35.5. The SMILES string of the molecule is CCCNCc1cc(OC)c(OCCC)cc1Cl.[Cl-]. The van der Waals surface area contributed by atoms with Crippen LogP contribution >= 0.6 is 11.6 Å². The van der Waals surface area contributed by atoms with Gasteiger partial charge in [-0.2, -0.15) is 0 Å². The van der Waals surface area contributed by atoms with Gasteiger partial charge in [-0.25, -0.2) is 0 Å². The van der Waals surface area contributed by atoms with Gasteiger partial charge in [0.15, 0.2) is 11.5 Å².